The Hall–Kier alpha value is -0.800. The summed E-state index contributed by atoms with van der Waals surface area (Å²) in [7, 11) is 0. The first kappa shape index (κ1) is 16.3. The SMILES string of the molecule is CCCCCN(Cc1cc(CNCC)co1)C(C)C. The minimum atomic E-state index is 0.569. The molecule has 1 aromatic rings. The van der Waals surface area contributed by atoms with Crippen LogP contribution in [0.15, 0.2) is 16.7 Å². The van der Waals surface area contributed by atoms with Crippen molar-refractivity contribution in [1.82, 2.24) is 10.2 Å². The molecule has 0 saturated carbocycles. The number of furan rings is 1. The second-order valence-corrected chi connectivity index (χ2v) is 5.47. The molecule has 1 aromatic heterocycles. The Bertz CT molecular complexity index is 333. The van der Waals surface area contributed by atoms with Gasteiger partial charge in [0.05, 0.1) is 12.8 Å². The third-order valence-corrected chi connectivity index (χ3v) is 3.43. The Morgan fingerprint density at radius 1 is 1.26 bits per heavy atom. The molecule has 1 rings (SSSR count). The summed E-state index contributed by atoms with van der Waals surface area (Å²) in [4.78, 5) is 2.49. The highest BCUT2D eigenvalue weighted by Crippen LogP contribution is 2.13. The molecule has 0 aliphatic rings. The molecule has 0 aromatic carbocycles. The molecule has 0 amide bonds. The monoisotopic (exact) mass is 266 g/mol. The maximum absolute atomic E-state index is 5.67. The number of nitrogens with zero attached hydrogens (tertiary/aromatic N) is 1. The van der Waals surface area contributed by atoms with Gasteiger partial charge in [0, 0.05) is 18.2 Å². The van der Waals surface area contributed by atoms with E-state index < -0.39 is 0 Å². The quantitative estimate of drug-likeness (QED) is 0.653. The van der Waals surface area contributed by atoms with Crippen molar-refractivity contribution in [1.29, 1.82) is 0 Å². The average Bonchev–Trinajstić information content (AvgIpc) is 2.83. The van der Waals surface area contributed by atoms with Crippen LogP contribution < -0.4 is 5.32 Å². The molecule has 0 aliphatic carbocycles. The molecule has 0 spiro atoms. The van der Waals surface area contributed by atoms with E-state index in [0.29, 0.717) is 6.04 Å². The van der Waals surface area contributed by atoms with Crippen molar-refractivity contribution in [3.05, 3.63) is 23.7 Å². The fourth-order valence-corrected chi connectivity index (χ4v) is 2.16. The number of unbranched alkanes of at least 4 members (excludes halogenated alkanes) is 2. The van der Waals surface area contributed by atoms with Gasteiger partial charge in [-0.3, -0.25) is 4.90 Å². The van der Waals surface area contributed by atoms with Crippen LogP contribution in [0.5, 0.6) is 0 Å². The van der Waals surface area contributed by atoms with Crippen LogP contribution in [0, 0.1) is 0 Å². The zero-order chi connectivity index (χ0) is 14.1. The van der Waals surface area contributed by atoms with E-state index in [1.54, 1.807) is 0 Å². The average molecular weight is 266 g/mol. The maximum Gasteiger partial charge on any atom is 0.118 e. The molecule has 3 heteroatoms. The Kier molecular flexibility index (Phi) is 7.84. The van der Waals surface area contributed by atoms with Crippen LogP contribution in [-0.2, 0) is 13.1 Å². The van der Waals surface area contributed by atoms with E-state index in [0.717, 1.165) is 31.9 Å². The van der Waals surface area contributed by atoms with E-state index in [2.05, 4.69) is 44.0 Å². The summed E-state index contributed by atoms with van der Waals surface area (Å²) >= 11 is 0. The minimum Gasteiger partial charge on any atom is -0.468 e. The van der Waals surface area contributed by atoms with Gasteiger partial charge in [-0.2, -0.15) is 0 Å². The number of nitrogens with one attached hydrogen (secondary N) is 1. The Labute approximate surface area is 118 Å². The van der Waals surface area contributed by atoms with Crippen LogP contribution in [0.25, 0.3) is 0 Å². The summed E-state index contributed by atoms with van der Waals surface area (Å²) in [5.41, 5.74) is 1.24. The Morgan fingerprint density at radius 2 is 2.05 bits per heavy atom. The third kappa shape index (κ3) is 6.26. The fourth-order valence-electron chi connectivity index (χ4n) is 2.16. The van der Waals surface area contributed by atoms with Crippen molar-refractivity contribution in [3.63, 3.8) is 0 Å². The van der Waals surface area contributed by atoms with Crippen LogP contribution in [0.2, 0.25) is 0 Å². The van der Waals surface area contributed by atoms with Gasteiger partial charge < -0.3 is 9.73 Å². The summed E-state index contributed by atoms with van der Waals surface area (Å²) in [6.45, 7) is 12.9. The van der Waals surface area contributed by atoms with Crippen LogP contribution in [0.1, 0.15) is 58.3 Å². The van der Waals surface area contributed by atoms with E-state index in [1.165, 1.54) is 24.8 Å². The maximum atomic E-state index is 5.67. The number of hydrogen-bond acceptors (Lipinski definition) is 3. The minimum absolute atomic E-state index is 0.569. The topological polar surface area (TPSA) is 28.4 Å². The first-order valence-electron chi connectivity index (χ1n) is 7.68. The molecule has 0 fully saturated rings. The lowest BCUT2D eigenvalue weighted by atomic mass is 10.2. The van der Waals surface area contributed by atoms with Crippen LogP contribution >= 0.6 is 0 Å². The molecule has 0 unspecified atom stereocenters. The Balaban J connectivity index is 2.46. The summed E-state index contributed by atoms with van der Waals surface area (Å²) in [5, 5.41) is 3.32. The summed E-state index contributed by atoms with van der Waals surface area (Å²) < 4.78 is 5.67. The van der Waals surface area contributed by atoms with Gasteiger partial charge in [0.2, 0.25) is 0 Å². The summed E-state index contributed by atoms with van der Waals surface area (Å²) in [5.74, 6) is 1.08. The van der Waals surface area contributed by atoms with Gasteiger partial charge >= 0.3 is 0 Å². The lowest BCUT2D eigenvalue weighted by Gasteiger charge is -2.25. The van der Waals surface area contributed by atoms with Gasteiger partial charge in [-0.1, -0.05) is 26.7 Å². The number of rotatable bonds is 10. The zero-order valence-corrected chi connectivity index (χ0v) is 13.0. The fraction of sp³-hybridized carbons (Fsp3) is 0.750. The Morgan fingerprint density at radius 3 is 2.68 bits per heavy atom. The predicted molar refractivity (Wildman–Crippen MR) is 81.2 cm³/mol. The molecule has 0 radical (unpaired) electrons. The molecule has 1 N–H and O–H groups in total. The predicted octanol–water partition coefficient (Wildman–Crippen LogP) is 3.79. The lowest BCUT2D eigenvalue weighted by Crippen LogP contribution is -2.31. The van der Waals surface area contributed by atoms with E-state index in [-0.39, 0.29) is 0 Å². The summed E-state index contributed by atoms with van der Waals surface area (Å²) in [6, 6.07) is 2.75. The lowest BCUT2D eigenvalue weighted by molar-refractivity contribution is 0.192. The summed E-state index contributed by atoms with van der Waals surface area (Å²) in [6.07, 6.45) is 5.74. The molecular formula is C16H30N2O. The van der Waals surface area contributed by atoms with Crippen molar-refractivity contribution in [2.75, 3.05) is 13.1 Å². The number of hydrogen-bond donors (Lipinski definition) is 1. The van der Waals surface area contributed by atoms with Crippen LogP contribution in [-0.4, -0.2) is 24.0 Å². The van der Waals surface area contributed by atoms with Gasteiger partial charge in [-0.05, 0) is 39.4 Å². The van der Waals surface area contributed by atoms with Gasteiger partial charge in [0.25, 0.3) is 0 Å². The standard InChI is InChI=1S/C16H30N2O/c1-5-7-8-9-18(14(3)4)12-16-10-15(13-19-16)11-17-6-2/h10,13-14,17H,5-9,11-12H2,1-4H3. The zero-order valence-electron chi connectivity index (χ0n) is 13.0. The molecule has 0 bridgehead atoms. The van der Waals surface area contributed by atoms with E-state index in [1.807, 2.05) is 6.26 Å². The van der Waals surface area contributed by atoms with Crippen molar-refractivity contribution >= 4 is 0 Å². The smallest absolute Gasteiger partial charge is 0.118 e. The largest absolute Gasteiger partial charge is 0.468 e. The van der Waals surface area contributed by atoms with E-state index in [9.17, 15) is 0 Å². The normalized spacial score (nSPS) is 11.7. The van der Waals surface area contributed by atoms with Gasteiger partial charge in [0.15, 0.2) is 0 Å². The molecule has 110 valence electrons. The van der Waals surface area contributed by atoms with Gasteiger partial charge in [-0.25, -0.2) is 0 Å². The third-order valence-electron chi connectivity index (χ3n) is 3.43. The molecule has 3 nitrogen and oxygen atoms in total. The highest BCUT2D eigenvalue weighted by atomic mass is 16.3. The van der Waals surface area contributed by atoms with Gasteiger partial charge in [-0.15, -0.1) is 0 Å². The molecular weight excluding hydrogens is 236 g/mol. The van der Waals surface area contributed by atoms with Crippen molar-refractivity contribution < 1.29 is 4.42 Å². The molecule has 19 heavy (non-hydrogen) atoms. The molecule has 0 atom stereocenters. The van der Waals surface area contributed by atoms with Crippen molar-refractivity contribution in [3.8, 4) is 0 Å². The molecule has 0 saturated heterocycles. The second kappa shape index (κ2) is 9.16. The van der Waals surface area contributed by atoms with E-state index >= 15 is 0 Å². The highest BCUT2D eigenvalue weighted by molar-refractivity contribution is 5.12. The van der Waals surface area contributed by atoms with Crippen molar-refractivity contribution in [2.24, 2.45) is 0 Å². The second-order valence-electron chi connectivity index (χ2n) is 5.47. The molecule has 0 aliphatic heterocycles. The first-order valence-corrected chi connectivity index (χ1v) is 7.68. The van der Waals surface area contributed by atoms with Crippen LogP contribution in [0.4, 0.5) is 0 Å². The van der Waals surface area contributed by atoms with E-state index in [4.69, 9.17) is 4.42 Å². The van der Waals surface area contributed by atoms with Gasteiger partial charge in [0.1, 0.15) is 5.76 Å². The van der Waals surface area contributed by atoms with Crippen molar-refractivity contribution in [2.45, 2.75) is 66.1 Å². The van der Waals surface area contributed by atoms with Crippen LogP contribution in [0.3, 0.4) is 0 Å². The first-order chi connectivity index (χ1) is 9.17. The molecule has 1 heterocycles. The highest BCUT2D eigenvalue weighted by Gasteiger charge is 2.12.